The Bertz CT molecular complexity index is 1050. The molecule has 1 aromatic carbocycles. The minimum Gasteiger partial charge on any atom is -0.320 e. The normalized spacial score (nSPS) is 18.1. The summed E-state index contributed by atoms with van der Waals surface area (Å²) in [5, 5.41) is 13.7. The lowest BCUT2D eigenvalue weighted by Gasteiger charge is -2.30. The molecule has 1 fully saturated rings. The molecule has 1 aliphatic heterocycles. The monoisotopic (exact) mass is 434 g/mol. The number of piperidine rings is 1. The summed E-state index contributed by atoms with van der Waals surface area (Å²) in [6.07, 6.45) is 1.58. The van der Waals surface area contributed by atoms with Gasteiger partial charge in [0.15, 0.2) is 0 Å². The van der Waals surface area contributed by atoms with Crippen LogP contribution in [0.5, 0.6) is 0 Å². The summed E-state index contributed by atoms with van der Waals surface area (Å²) in [5.74, 6) is -0.368. The largest absolute Gasteiger partial charge is 0.320 e. The zero-order chi connectivity index (χ0) is 19.6. The Labute approximate surface area is 171 Å². The molecule has 4 rings (SSSR count). The molecular formula is C18H18N4O3S3. The number of benzene rings is 1. The molecule has 3 heterocycles. The van der Waals surface area contributed by atoms with Gasteiger partial charge >= 0.3 is 0 Å². The molecule has 3 aromatic rings. The van der Waals surface area contributed by atoms with Gasteiger partial charge in [0.25, 0.3) is 15.9 Å². The van der Waals surface area contributed by atoms with Crippen LogP contribution >= 0.6 is 22.7 Å². The molecule has 1 saturated heterocycles. The molecule has 0 radical (unpaired) electrons. The second kappa shape index (κ2) is 8.08. The van der Waals surface area contributed by atoms with E-state index >= 15 is 0 Å². The van der Waals surface area contributed by atoms with Gasteiger partial charge in [-0.3, -0.25) is 4.79 Å². The number of nitrogens with one attached hydrogen (secondary N) is 1. The molecular weight excluding hydrogens is 416 g/mol. The predicted octanol–water partition coefficient (Wildman–Crippen LogP) is 3.42. The maximum Gasteiger partial charge on any atom is 0.286 e. The highest BCUT2D eigenvalue weighted by Gasteiger charge is 2.33. The van der Waals surface area contributed by atoms with Gasteiger partial charge in [0.05, 0.1) is 0 Å². The third-order valence-corrected chi connectivity index (χ3v) is 8.81. The van der Waals surface area contributed by atoms with Crippen molar-refractivity contribution in [1.29, 1.82) is 0 Å². The topological polar surface area (TPSA) is 92.3 Å². The summed E-state index contributed by atoms with van der Waals surface area (Å²) >= 11 is 2.45. The molecule has 1 atom stereocenters. The fourth-order valence-electron chi connectivity index (χ4n) is 3.10. The van der Waals surface area contributed by atoms with E-state index in [4.69, 9.17) is 0 Å². The van der Waals surface area contributed by atoms with Crippen molar-refractivity contribution in [3.63, 3.8) is 0 Å². The van der Waals surface area contributed by atoms with E-state index in [2.05, 4.69) is 15.5 Å². The molecule has 0 bridgehead atoms. The molecule has 1 amide bonds. The van der Waals surface area contributed by atoms with Gasteiger partial charge in [-0.2, -0.15) is 4.31 Å². The average Bonchev–Trinajstić information content (AvgIpc) is 3.41. The number of thiophene rings is 1. The molecule has 1 N–H and O–H groups in total. The van der Waals surface area contributed by atoms with Gasteiger partial charge in [0.1, 0.15) is 9.22 Å². The predicted molar refractivity (Wildman–Crippen MR) is 109 cm³/mol. The molecule has 0 aliphatic carbocycles. The highest BCUT2D eigenvalue weighted by atomic mass is 32.2. The molecule has 0 unspecified atom stereocenters. The minimum atomic E-state index is -3.48. The van der Waals surface area contributed by atoms with E-state index in [0.29, 0.717) is 28.0 Å². The summed E-state index contributed by atoms with van der Waals surface area (Å²) < 4.78 is 27.4. The fourth-order valence-corrected chi connectivity index (χ4v) is 6.63. The lowest BCUT2D eigenvalue weighted by molar-refractivity contribution is 0.102. The molecule has 7 nitrogen and oxygen atoms in total. The number of para-hydroxylation sites is 1. The first kappa shape index (κ1) is 19.2. The first-order chi connectivity index (χ1) is 13.5. The Balaban J connectivity index is 1.47. The summed E-state index contributed by atoms with van der Waals surface area (Å²) in [6, 6.07) is 12.5. The van der Waals surface area contributed by atoms with Crippen LogP contribution in [0, 0.1) is 0 Å². The smallest absolute Gasteiger partial charge is 0.286 e. The first-order valence-electron chi connectivity index (χ1n) is 8.77. The van der Waals surface area contributed by atoms with E-state index < -0.39 is 10.0 Å². The lowest BCUT2D eigenvalue weighted by Crippen LogP contribution is -2.38. The molecule has 1 aliphatic rings. The number of nitrogens with zero attached hydrogens (tertiary/aromatic N) is 3. The summed E-state index contributed by atoms with van der Waals surface area (Å²) in [4.78, 5) is 12.4. The number of anilines is 1. The number of hydrogen-bond donors (Lipinski definition) is 1. The van der Waals surface area contributed by atoms with Crippen molar-refractivity contribution in [2.45, 2.75) is 23.0 Å². The van der Waals surface area contributed by atoms with Crippen LogP contribution in [0.25, 0.3) is 0 Å². The van der Waals surface area contributed by atoms with Crippen molar-refractivity contribution in [3.05, 3.63) is 57.9 Å². The number of rotatable bonds is 5. The van der Waals surface area contributed by atoms with Crippen molar-refractivity contribution in [1.82, 2.24) is 14.5 Å². The van der Waals surface area contributed by atoms with E-state index in [1.165, 1.54) is 27.0 Å². The second-order valence-corrected chi connectivity index (χ2v) is 10.5. The van der Waals surface area contributed by atoms with E-state index in [9.17, 15) is 13.2 Å². The van der Waals surface area contributed by atoms with Crippen LogP contribution in [0.2, 0.25) is 0 Å². The van der Waals surface area contributed by atoms with Crippen LogP contribution < -0.4 is 5.32 Å². The molecule has 0 saturated carbocycles. The summed E-state index contributed by atoms with van der Waals surface area (Å²) in [6.45, 7) is 0.853. The Kier molecular flexibility index (Phi) is 5.54. The molecule has 0 spiro atoms. The van der Waals surface area contributed by atoms with E-state index in [1.807, 2.05) is 18.2 Å². The zero-order valence-corrected chi connectivity index (χ0v) is 17.3. The Morgan fingerprint density at radius 2 is 1.96 bits per heavy atom. The quantitative estimate of drug-likeness (QED) is 0.664. The van der Waals surface area contributed by atoms with Gasteiger partial charge < -0.3 is 5.32 Å². The van der Waals surface area contributed by atoms with Gasteiger partial charge in [-0.05, 0) is 36.4 Å². The standard InChI is InChI=1S/C18H18N4O3S3/c23-16(19-14-7-2-1-3-8-14)18-21-20-17(27-18)13-6-4-10-22(12-13)28(24,25)15-9-5-11-26-15/h1-3,5,7-9,11,13H,4,6,10,12H2,(H,19,23)/t13-/m1/s1. The van der Waals surface area contributed by atoms with Crippen LogP contribution in [0.15, 0.2) is 52.1 Å². The lowest BCUT2D eigenvalue weighted by atomic mass is 10.0. The maximum atomic E-state index is 12.8. The van der Waals surface area contributed by atoms with Crippen molar-refractivity contribution in [2.75, 3.05) is 18.4 Å². The third-order valence-electron chi connectivity index (χ3n) is 4.49. The van der Waals surface area contributed by atoms with Gasteiger partial charge in [0, 0.05) is 24.7 Å². The highest BCUT2D eigenvalue weighted by molar-refractivity contribution is 7.91. The average molecular weight is 435 g/mol. The molecule has 2 aromatic heterocycles. The SMILES string of the molecule is O=C(Nc1ccccc1)c1nnc([C@@H]2CCCN(S(=O)(=O)c3cccs3)C2)s1. The number of carbonyl (C=O) groups excluding carboxylic acids is 1. The first-order valence-corrected chi connectivity index (χ1v) is 11.9. The maximum absolute atomic E-state index is 12.8. The van der Waals surface area contributed by atoms with Crippen molar-refractivity contribution in [2.24, 2.45) is 0 Å². The highest BCUT2D eigenvalue weighted by Crippen LogP contribution is 2.32. The van der Waals surface area contributed by atoms with Crippen LogP contribution in [-0.4, -0.2) is 41.9 Å². The second-order valence-electron chi connectivity index (χ2n) is 6.40. The zero-order valence-electron chi connectivity index (χ0n) is 14.8. The Morgan fingerprint density at radius 3 is 2.71 bits per heavy atom. The molecule has 146 valence electrons. The van der Waals surface area contributed by atoms with Crippen molar-refractivity contribution < 1.29 is 13.2 Å². The van der Waals surface area contributed by atoms with Gasteiger partial charge in [-0.15, -0.1) is 21.5 Å². The molecule has 10 heteroatoms. The van der Waals surface area contributed by atoms with Crippen LogP contribution in [0.1, 0.15) is 33.6 Å². The number of sulfonamides is 1. The molecule has 28 heavy (non-hydrogen) atoms. The van der Waals surface area contributed by atoms with Crippen LogP contribution in [0.3, 0.4) is 0 Å². The van der Waals surface area contributed by atoms with Gasteiger partial charge in [-0.1, -0.05) is 35.6 Å². The fraction of sp³-hybridized carbons (Fsp3) is 0.278. The number of hydrogen-bond acceptors (Lipinski definition) is 7. The summed E-state index contributed by atoms with van der Waals surface area (Å²) in [5.41, 5.74) is 0.690. The van der Waals surface area contributed by atoms with Crippen LogP contribution in [-0.2, 0) is 10.0 Å². The summed E-state index contributed by atoms with van der Waals surface area (Å²) in [7, 11) is -3.48. The Morgan fingerprint density at radius 1 is 1.14 bits per heavy atom. The van der Waals surface area contributed by atoms with Gasteiger partial charge in [-0.25, -0.2) is 8.42 Å². The third kappa shape index (κ3) is 4.00. The number of amides is 1. The Hall–Kier alpha value is -2.14. The minimum absolute atomic E-state index is 0.0562. The number of carbonyl (C=O) groups is 1. The van der Waals surface area contributed by atoms with E-state index in [-0.39, 0.29) is 16.8 Å². The van der Waals surface area contributed by atoms with E-state index in [1.54, 1.807) is 29.6 Å². The van der Waals surface area contributed by atoms with Gasteiger partial charge in [0.2, 0.25) is 5.01 Å². The number of aromatic nitrogens is 2. The van der Waals surface area contributed by atoms with E-state index in [0.717, 1.165) is 12.8 Å². The van der Waals surface area contributed by atoms with Crippen molar-refractivity contribution in [3.8, 4) is 0 Å². The van der Waals surface area contributed by atoms with Crippen LogP contribution in [0.4, 0.5) is 5.69 Å². The van der Waals surface area contributed by atoms with Crippen molar-refractivity contribution >= 4 is 44.3 Å².